The molecule has 1 aromatic heterocycles. The summed E-state index contributed by atoms with van der Waals surface area (Å²) in [6, 6.07) is 13.8. The molecule has 0 radical (unpaired) electrons. The molecule has 128 valence electrons. The average molecular weight is 352 g/mol. The van der Waals surface area contributed by atoms with Crippen LogP contribution in [0.5, 0.6) is 0 Å². The summed E-state index contributed by atoms with van der Waals surface area (Å²) >= 11 is 1.37. The molecule has 0 unspecified atom stereocenters. The highest BCUT2D eigenvalue weighted by Crippen LogP contribution is 2.26. The minimum absolute atomic E-state index is 0.0755. The number of hydrogen-bond donors (Lipinski definition) is 0. The van der Waals surface area contributed by atoms with Crippen molar-refractivity contribution in [1.29, 1.82) is 0 Å². The zero-order chi connectivity index (χ0) is 18.0. The zero-order valence-electron chi connectivity index (χ0n) is 14.7. The number of benzene rings is 2. The van der Waals surface area contributed by atoms with Crippen molar-refractivity contribution >= 4 is 17.5 Å². The topological polar surface area (TPSA) is 60.7 Å². The number of rotatable bonds is 5. The molecule has 2 aromatic carbocycles. The molecule has 0 aliphatic rings. The maximum atomic E-state index is 12.7. The van der Waals surface area contributed by atoms with Crippen LogP contribution in [0.1, 0.15) is 34.0 Å². The second kappa shape index (κ2) is 7.19. The molecule has 3 rings (SSSR count). The van der Waals surface area contributed by atoms with Crippen LogP contribution in [0.4, 0.5) is 0 Å². The summed E-state index contributed by atoms with van der Waals surface area (Å²) in [4.78, 5) is 12.7. The number of aryl methyl sites for hydroxylation is 3. The molecule has 25 heavy (non-hydrogen) atoms. The molecule has 0 fully saturated rings. The number of ketones is 1. The number of tetrazole rings is 1. The van der Waals surface area contributed by atoms with Gasteiger partial charge in [-0.05, 0) is 67.4 Å². The lowest BCUT2D eigenvalue weighted by Crippen LogP contribution is -2.15. The number of hydrogen-bond acceptors (Lipinski definition) is 5. The highest BCUT2D eigenvalue weighted by Gasteiger charge is 2.20. The van der Waals surface area contributed by atoms with Crippen LogP contribution >= 0.6 is 11.8 Å². The van der Waals surface area contributed by atoms with E-state index in [-0.39, 0.29) is 11.0 Å². The van der Waals surface area contributed by atoms with E-state index in [1.807, 2.05) is 70.2 Å². The molecule has 6 heteroatoms. The van der Waals surface area contributed by atoms with E-state index in [1.165, 1.54) is 22.9 Å². The first-order valence-electron chi connectivity index (χ1n) is 8.09. The second-order valence-corrected chi connectivity index (χ2v) is 7.44. The van der Waals surface area contributed by atoms with Crippen molar-refractivity contribution < 1.29 is 4.79 Å². The lowest BCUT2D eigenvalue weighted by Gasteiger charge is -2.11. The van der Waals surface area contributed by atoms with Crippen molar-refractivity contribution in [2.24, 2.45) is 0 Å². The molecule has 1 heterocycles. The Morgan fingerprint density at radius 1 is 1.04 bits per heavy atom. The molecular weight excluding hydrogens is 332 g/mol. The second-order valence-electron chi connectivity index (χ2n) is 6.13. The summed E-state index contributed by atoms with van der Waals surface area (Å²) < 4.78 is 1.66. The van der Waals surface area contributed by atoms with Crippen LogP contribution in [0.15, 0.2) is 47.6 Å². The molecule has 5 nitrogen and oxygen atoms in total. The normalized spacial score (nSPS) is 12.2. The predicted octanol–water partition coefficient (Wildman–Crippen LogP) is 3.95. The van der Waals surface area contributed by atoms with Crippen LogP contribution in [-0.4, -0.2) is 31.2 Å². The van der Waals surface area contributed by atoms with Gasteiger partial charge < -0.3 is 0 Å². The number of aromatic nitrogens is 4. The van der Waals surface area contributed by atoms with Gasteiger partial charge >= 0.3 is 0 Å². The van der Waals surface area contributed by atoms with Crippen LogP contribution in [0, 0.1) is 20.8 Å². The summed E-state index contributed by atoms with van der Waals surface area (Å²) in [7, 11) is 0. The van der Waals surface area contributed by atoms with Crippen molar-refractivity contribution in [1.82, 2.24) is 20.2 Å². The van der Waals surface area contributed by atoms with Gasteiger partial charge in [0.05, 0.1) is 10.9 Å². The fraction of sp³-hybridized carbons (Fsp3) is 0.263. The summed E-state index contributed by atoms with van der Waals surface area (Å²) in [6.07, 6.45) is 0. The summed E-state index contributed by atoms with van der Waals surface area (Å²) in [5, 5.41) is 12.2. The summed E-state index contributed by atoms with van der Waals surface area (Å²) in [5.74, 6) is 0.0755. The van der Waals surface area contributed by atoms with Gasteiger partial charge in [0.1, 0.15) is 0 Å². The molecule has 1 atom stereocenters. The minimum Gasteiger partial charge on any atom is -0.293 e. The van der Waals surface area contributed by atoms with Gasteiger partial charge in [0.2, 0.25) is 5.16 Å². The first-order valence-corrected chi connectivity index (χ1v) is 8.97. The molecule has 3 aromatic rings. The molecule has 0 aliphatic carbocycles. The van der Waals surface area contributed by atoms with Crippen molar-refractivity contribution in [3.63, 3.8) is 0 Å². The minimum atomic E-state index is -0.280. The van der Waals surface area contributed by atoms with Crippen LogP contribution < -0.4 is 0 Å². The Labute approximate surface area is 151 Å². The Morgan fingerprint density at radius 2 is 1.76 bits per heavy atom. The van der Waals surface area contributed by atoms with E-state index >= 15 is 0 Å². The van der Waals surface area contributed by atoms with Crippen LogP contribution in [0.25, 0.3) is 5.69 Å². The molecule has 0 saturated carbocycles. The summed E-state index contributed by atoms with van der Waals surface area (Å²) in [5.41, 5.74) is 5.07. The van der Waals surface area contributed by atoms with Gasteiger partial charge in [-0.1, -0.05) is 41.6 Å². The van der Waals surface area contributed by atoms with Crippen molar-refractivity contribution in [3.8, 4) is 5.69 Å². The van der Waals surface area contributed by atoms with Gasteiger partial charge in [-0.2, -0.15) is 4.68 Å². The Kier molecular flexibility index (Phi) is 4.99. The average Bonchev–Trinajstić information content (AvgIpc) is 3.05. The van der Waals surface area contributed by atoms with Crippen LogP contribution in [-0.2, 0) is 0 Å². The molecule has 0 aliphatic heterocycles. The largest absolute Gasteiger partial charge is 0.293 e. The number of nitrogens with zero attached hydrogens (tertiary/aromatic N) is 4. The Balaban J connectivity index is 1.80. The maximum Gasteiger partial charge on any atom is 0.214 e. The number of thioether (sulfide) groups is 1. The molecule has 0 saturated heterocycles. The van der Waals surface area contributed by atoms with Gasteiger partial charge in [-0.15, -0.1) is 5.10 Å². The van der Waals surface area contributed by atoms with E-state index in [2.05, 4.69) is 15.5 Å². The van der Waals surface area contributed by atoms with Gasteiger partial charge in [0, 0.05) is 5.56 Å². The Hall–Kier alpha value is -2.47. The quantitative estimate of drug-likeness (QED) is 0.514. The fourth-order valence-corrected chi connectivity index (χ4v) is 3.33. The number of Topliss-reactive ketones (excluding diaryl/α,β-unsaturated/α-hetero) is 1. The third-order valence-electron chi connectivity index (χ3n) is 4.16. The fourth-order valence-electron chi connectivity index (χ4n) is 2.44. The maximum absolute atomic E-state index is 12.7. The lowest BCUT2D eigenvalue weighted by molar-refractivity contribution is 0.0993. The zero-order valence-corrected chi connectivity index (χ0v) is 15.5. The van der Waals surface area contributed by atoms with E-state index in [9.17, 15) is 4.79 Å². The first kappa shape index (κ1) is 17.4. The molecule has 0 bridgehead atoms. The monoisotopic (exact) mass is 352 g/mol. The Morgan fingerprint density at radius 3 is 2.44 bits per heavy atom. The Bertz CT molecular complexity index is 902. The predicted molar refractivity (Wildman–Crippen MR) is 99.5 cm³/mol. The lowest BCUT2D eigenvalue weighted by atomic mass is 10.0. The van der Waals surface area contributed by atoms with Gasteiger partial charge in [-0.25, -0.2) is 0 Å². The molecule has 0 N–H and O–H groups in total. The van der Waals surface area contributed by atoms with Crippen molar-refractivity contribution in [2.75, 3.05) is 0 Å². The summed E-state index contributed by atoms with van der Waals surface area (Å²) in [6.45, 7) is 7.97. The van der Waals surface area contributed by atoms with Crippen LogP contribution in [0.3, 0.4) is 0 Å². The van der Waals surface area contributed by atoms with E-state index in [4.69, 9.17) is 0 Å². The van der Waals surface area contributed by atoms with Crippen molar-refractivity contribution in [2.45, 2.75) is 38.1 Å². The number of carbonyl (C=O) groups excluding carboxylic acids is 1. The third-order valence-corrected chi connectivity index (χ3v) is 5.20. The molecule has 0 spiro atoms. The molecular formula is C19H20N4OS. The van der Waals surface area contributed by atoms with E-state index in [0.29, 0.717) is 5.16 Å². The van der Waals surface area contributed by atoms with Gasteiger partial charge in [0.25, 0.3) is 0 Å². The smallest absolute Gasteiger partial charge is 0.214 e. The van der Waals surface area contributed by atoms with E-state index < -0.39 is 0 Å². The highest BCUT2D eigenvalue weighted by molar-refractivity contribution is 8.00. The standard InChI is InChI=1S/C19H20N4OS/c1-12-5-9-17(10-6-12)23-19(20-21-22-23)25-15(4)18(24)16-8-7-13(2)14(3)11-16/h5-11,15H,1-4H3/t15-/m1/s1. The van der Waals surface area contributed by atoms with Gasteiger partial charge in [0.15, 0.2) is 5.78 Å². The van der Waals surface area contributed by atoms with Crippen LogP contribution in [0.2, 0.25) is 0 Å². The SMILES string of the molecule is Cc1ccc(-n2nnnc2S[C@H](C)C(=O)c2ccc(C)c(C)c2)cc1. The van der Waals surface area contributed by atoms with E-state index in [1.54, 1.807) is 4.68 Å². The molecule has 0 amide bonds. The first-order chi connectivity index (χ1) is 12.0. The van der Waals surface area contributed by atoms with E-state index in [0.717, 1.165) is 16.8 Å². The van der Waals surface area contributed by atoms with Gasteiger partial charge in [-0.3, -0.25) is 4.79 Å². The third kappa shape index (κ3) is 3.79. The van der Waals surface area contributed by atoms with Crippen molar-refractivity contribution in [3.05, 3.63) is 64.7 Å². The number of carbonyl (C=O) groups is 1. The highest BCUT2D eigenvalue weighted by atomic mass is 32.2.